The molecule has 0 bridgehead atoms. The Labute approximate surface area is 158 Å². The molecule has 0 N–H and O–H groups in total. The van der Waals surface area contributed by atoms with Crippen molar-refractivity contribution in [3.8, 4) is 5.75 Å². The number of carbonyl (C=O) groups is 1. The van der Waals surface area contributed by atoms with Crippen molar-refractivity contribution in [2.75, 3.05) is 19.7 Å². The minimum absolute atomic E-state index is 0.0717. The van der Waals surface area contributed by atoms with Crippen molar-refractivity contribution in [3.05, 3.63) is 59.6 Å². The van der Waals surface area contributed by atoms with Gasteiger partial charge in [0, 0.05) is 18.1 Å². The zero-order valence-corrected chi connectivity index (χ0v) is 15.7. The number of sulfone groups is 1. The number of piperidine rings is 1. The first kappa shape index (κ1) is 18.7. The van der Waals surface area contributed by atoms with Crippen LogP contribution in [0.15, 0.2) is 59.5 Å². The fourth-order valence-electron chi connectivity index (χ4n) is 2.99. The molecule has 138 valence electrons. The normalized spacial score (nSPS) is 15.7. The molecular weight excluding hydrogens is 374 g/mol. The van der Waals surface area contributed by atoms with Crippen LogP contribution < -0.4 is 4.74 Å². The van der Waals surface area contributed by atoms with Crippen LogP contribution in [0, 0.1) is 0 Å². The highest BCUT2D eigenvalue weighted by molar-refractivity contribution is 7.92. The molecule has 5 nitrogen and oxygen atoms in total. The summed E-state index contributed by atoms with van der Waals surface area (Å²) in [6.07, 6.45) is 0.869. The molecule has 3 rings (SSSR count). The summed E-state index contributed by atoms with van der Waals surface area (Å²) < 4.78 is 30.8. The van der Waals surface area contributed by atoms with Crippen LogP contribution in [-0.2, 0) is 14.6 Å². The number of hydrogen-bond acceptors (Lipinski definition) is 4. The monoisotopic (exact) mass is 393 g/mol. The molecule has 0 aliphatic carbocycles. The zero-order valence-electron chi connectivity index (χ0n) is 14.2. The topological polar surface area (TPSA) is 63.7 Å². The second-order valence-corrected chi connectivity index (χ2v) is 8.85. The Morgan fingerprint density at radius 3 is 2.27 bits per heavy atom. The Kier molecular flexibility index (Phi) is 5.84. The fraction of sp³-hybridized carbons (Fsp3) is 0.316. The predicted molar refractivity (Wildman–Crippen MR) is 100 cm³/mol. The van der Waals surface area contributed by atoms with E-state index in [2.05, 4.69) is 0 Å². The Hall–Kier alpha value is -2.05. The van der Waals surface area contributed by atoms with Crippen molar-refractivity contribution in [1.29, 1.82) is 0 Å². The SMILES string of the molecule is O=C(COc1ccc(Cl)cc1)N1CCC(S(=O)(=O)c2ccccc2)CC1. The lowest BCUT2D eigenvalue weighted by molar-refractivity contribution is -0.134. The van der Waals surface area contributed by atoms with E-state index in [-0.39, 0.29) is 12.5 Å². The van der Waals surface area contributed by atoms with Gasteiger partial charge in [-0.2, -0.15) is 0 Å². The standard InChI is InChI=1S/C19H20ClNO4S/c20-15-6-8-16(9-7-15)25-14-19(22)21-12-10-18(11-13-21)26(23,24)17-4-2-1-3-5-17/h1-9,18H,10-14H2. The molecule has 1 heterocycles. The summed E-state index contributed by atoms with van der Waals surface area (Å²) in [4.78, 5) is 14.3. The predicted octanol–water partition coefficient (Wildman–Crippen LogP) is 3.18. The maximum atomic E-state index is 12.7. The van der Waals surface area contributed by atoms with Gasteiger partial charge in [-0.05, 0) is 49.2 Å². The van der Waals surface area contributed by atoms with E-state index in [0.29, 0.717) is 41.6 Å². The Morgan fingerprint density at radius 1 is 1.04 bits per heavy atom. The summed E-state index contributed by atoms with van der Waals surface area (Å²) in [5.74, 6) is 0.430. The second-order valence-electron chi connectivity index (χ2n) is 6.18. The van der Waals surface area contributed by atoms with Crippen molar-refractivity contribution in [2.24, 2.45) is 0 Å². The summed E-state index contributed by atoms with van der Waals surface area (Å²) in [6, 6.07) is 15.3. The van der Waals surface area contributed by atoms with Crippen LogP contribution >= 0.6 is 11.6 Å². The van der Waals surface area contributed by atoms with Gasteiger partial charge in [0.25, 0.3) is 5.91 Å². The molecule has 1 aliphatic heterocycles. The molecule has 0 spiro atoms. The van der Waals surface area contributed by atoms with Crippen LogP contribution in [0.2, 0.25) is 5.02 Å². The van der Waals surface area contributed by atoms with Gasteiger partial charge in [0.2, 0.25) is 0 Å². The highest BCUT2D eigenvalue weighted by atomic mass is 35.5. The van der Waals surface area contributed by atoms with E-state index in [4.69, 9.17) is 16.3 Å². The van der Waals surface area contributed by atoms with Gasteiger partial charge in [-0.15, -0.1) is 0 Å². The van der Waals surface area contributed by atoms with E-state index in [9.17, 15) is 13.2 Å². The van der Waals surface area contributed by atoms with Crippen LogP contribution in [0.3, 0.4) is 0 Å². The van der Waals surface area contributed by atoms with E-state index in [1.165, 1.54) is 0 Å². The van der Waals surface area contributed by atoms with Gasteiger partial charge in [0.05, 0.1) is 10.1 Å². The van der Waals surface area contributed by atoms with Gasteiger partial charge in [0.1, 0.15) is 5.75 Å². The fourth-order valence-corrected chi connectivity index (χ4v) is 4.86. The molecule has 1 fully saturated rings. The first-order valence-electron chi connectivity index (χ1n) is 8.42. The van der Waals surface area contributed by atoms with E-state index in [1.807, 2.05) is 0 Å². The average molecular weight is 394 g/mol. The third kappa shape index (κ3) is 4.37. The summed E-state index contributed by atoms with van der Waals surface area (Å²) in [5, 5.41) is 0.150. The number of hydrogen-bond donors (Lipinski definition) is 0. The number of ether oxygens (including phenoxy) is 1. The molecule has 0 saturated carbocycles. The third-order valence-electron chi connectivity index (χ3n) is 4.48. The molecule has 2 aromatic rings. The number of amides is 1. The Bertz CT molecular complexity index is 845. The molecule has 1 amide bonds. The lowest BCUT2D eigenvalue weighted by Gasteiger charge is -2.31. The van der Waals surface area contributed by atoms with E-state index >= 15 is 0 Å². The minimum Gasteiger partial charge on any atom is -0.484 e. The van der Waals surface area contributed by atoms with Crippen molar-refractivity contribution in [1.82, 2.24) is 4.90 Å². The molecule has 0 aromatic heterocycles. The summed E-state index contributed by atoms with van der Waals surface area (Å²) in [6.45, 7) is 0.761. The number of benzene rings is 2. The van der Waals surface area contributed by atoms with Gasteiger partial charge in [0.15, 0.2) is 16.4 Å². The first-order chi connectivity index (χ1) is 12.5. The maximum Gasteiger partial charge on any atom is 0.260 e. The summed E-state index contributed by atoms with van der Waals surface area (Å²) in [5.41, 5.74) is 0. The van der Waals surface area contributed by atoms with Crippen LogP contribution in [0.1, 0.15) is 12.8 Å². The van der Waals surface area contributed by atoms with Crippen molar-refractivity contribution >= 4 is 27.3 Å². The molecule has 2 aromatic carbocycles. The molecule has 26 heavy (non-hydrogen) atoms. The maximum absolute atomic E-state index is 12.7. The Morgan fingerprint density at radius 2 is 1.65 bits per heavy atom. The molecule has 1 aliphatic rings. The number of halogens is 1. The van der Waals surface area contributed by atoms with Gasteiger partial charge >= 0.3 is 0 Å². The highest BCUT2D eigenvalue weighted by Gasteiger charge is 2.32. The molecule has 1 saturated heterocycles. The van der Waals surface area contributed by atoms with Crippen molar-refractivity contribution in [3.63, 3.8) is 0 Å². The van der Waals surface area contributed by atoms with E-state index in [1.54, 1.807) is 59.5 Å². The number of likely N-dealkylation sites (tertiary alicyclic amines) is 1. The zero-order chi connectivity index (χ0) is 18.6. The van der Waals surface area contributed by atoms with E-state index < -0.39 is 15.1 Å². The van der Waals surface area contributed by atoms with Crippen LogP contribution in [-0.4, -0.2) is 44.2 Å². The van der Waals surface area contributed by atoms with Gasteiger partial charge in [-0.25, -0.2) is 8.42 Å². The largest absolute Gasteiger partial charge is 0.484 e. The molecule has 0 radical (unpaired) electrons. The first-order valence-corrected chi connectivity index (χ1v) is 10.3. The average Bonchev–Trinajstić information content (AvgIpc) is 2.68. The molecule has 0 unspecified atom stereocenters. The summed E-state index contributed by atoms with van der Waals surface area (Å²) >= 11 is 5.81. The second kappa shape index (κ2) is 8.10. The van der Waals surface area contributed by atoms with Crippen molar-refractivity contribution < 1.29 is 17.9 Å². The summed E-state index contributed by atoms with van der Waals surface area (Å²) in [7, 11) is -3.35. The van der Waals surface area contributed by atoms with Crippen LogP contribution in [0.5, 0.6) is 5.75 Å². The third-order valence-corrected chi connectivity index (χ3v) is 7.01. The quantitative estimate of drug-likeness (QED) is 0.782. The minimum atomic E-state index is -3.35. The molecule has 7 heteroatoms. The van der Waals surface area contributed by atoms with Crippen LogP contribution in [0.25, 0.3) is 0 Å². The lowest BCUT2D eigenvalue weighted by Crippen LogP contribution is -2.44. The van der Waals surface area contributed by atoms with Crippen molar-refractivity contribution in [2.45, 2.75) is 23.0 Å². The lowest BCUT2D eigenvalue weighted by atomic mass is 10.1. The Balaban J connectivity index is 1.53. The number of carbonyl (C=O) groups excluding carboxylic acids is 1. The van der Waals surface area contributed by atoms with Gasteiger partial charge in [-0.3, -0.25) is 4.79 Å². The number of nitrogens with zero attached hydrogens (tertiary/aromatic N) is 1. The molecule has 0 atom stereocenters. The highest BCUT2D eigenvalue weighted by Crippen LogP contribution is 2.24. The van der Waals surface area contributed by atoms with Gasteiger partial charge < -0.3 is 9.64 Å². The smallest absolute Gasteiger partial charge is 0.260 e. The van der Waals surface area contributed by atoms with Crippen LogP contribution in [0.4, 0.5) is 0 Å². The number of rotatable bonds is 5. The van der Waals surface area contributed by atoms with E-state index in [0.717, 1.165) is 0 Å². The van der Waals surface area contributed by atoms with Gasteiger partial charge in [-0.1, -0.05) is 29.8 Å². The molecular formula is C19H20ClNO4S.